The molecule has 0 aromatic heterocycles. The van der Waals surface area contributed by atoms with Crippen LogP contribution in [0.15, 0.2) is 53.4 Å². The molecule has 0 aliphatic carbocycles. The third-order valence-electron chi connectivity index (χ3n) is 3.27. The van der Waals surface area contributed by atoms with E-state index in [0.29, 0.717) is 6.42 Å². The number of sulfonamides is 1. The van der Waals surface area contributed by atoms with Crippen molar-refractivity contribution in [2.24, 2.45) is 0 Å². The molecule has 0 aliphatic rings. The van der Waals surface area contributed by atoms with Crippen molar-refractivity contribution in [1.82, 2.24) is 4.72 Å². The van der Waals surface area contributed by atoms with Crippen molar-refractivity contribution < 1.29 is 22.7 Å². The molecule has 2 N–H and O–H groups in total. The number of carbonyl (C=O) groups is 1. The highest BCUT2D eigenvalue weighted by Crippen LogP contribution is 2.13. The van der Waals surface area contributed by atoms with Crippen LogP contribution in [0.2, 0.25) is 0 Å². The first kappa shape index (κ1) is 17.1. The number of rotatable bonds is 7. The Hall–Kier alpha value is -2.25. The molecule has 0 radical (unpaired) electrons. The number of hydrogen-bond acceptors (Lipinski definition) is 3. The number of aliphatic carboxylic acids is 1. The van der Waals surface area contributed by atoms with Gasteiger partial charge in [-0.15, -0.1) is 0 Å². The van der Waals surface area contributed by atoms with E-state index in [0.717, 1.165) is 5.56 Å². The van der Waals surface area contributed by atoms with Crippen molar-refractivity contribution in [3.8, 4) is 0 Å². The molecule has 0 saturated carbocycles. The van der Waals surface area contributed by atoms with Crippen LogP contribution in [0.25, 0.3) is 0 Å². The van der Waals surface area contributed by atoms with Gasteiger partial charge in [-0.05, 0) is 30.2 Å². The molecule has 0 amide bonds. The lowest BCUT2D eigenvalue weighted by molar-refractivity contribution is -0.136. The first-order valence-corrected chi connectivity index (χ1v) is 8.40. The van der Waals surface area contributed by atoms with Gasteiger partial charge in [0.2, 0.25) is 10.0 Å². The van der Waals surface area contributed by atoms with Crippen molar-refractivity contribution in [3.63, 3.8) is 0 Å². The Morgan fingerprint density at radius 3 is 2.35 bits per heavy atom. The molecule has 2 aromatic carbocycles. The second-order valence-electron chi connectivity index (χ2n) is 4.95. The van der Waals surface area contributed by atoms with Crippen molar-refractivity contribution in [3.05, 3.63) is 65.5 Å². The summed E-state index contributed by atoms with van der Waals surface area (Å²) in [6.07, 6.45) is 0.315. The fourth-order valence-corrected chi connectivity index (χ4v) is 2.99. The van der Waals surface area contributed by atoms with Gasteiger partial charge in [0.05, 0.1) is 4.90 Å². The van der Waals surface area contributed by atoms with Crippen LogP contribution in [0.4, 0.5) is 4.39 Å². The molecule has 5 nitrogen and oxygen atoms in total. The van der Waals surface area contributed by atoms with E-state index in [1.54, 1.807) is 18.2 Å². The lowest BCUT2D eigenvalue weighted by Crippen LogP contribution is -2.23. The number of aryl methyl sites for hydroxylation is 1. The Morgan fingerprint density at radius 2 is 1.74 bits per heavy atom. The summed E-state index contributed by atoms with van der Waals surface area (Å²) < 4.78 is 40.2. The second-order valence-corrected chi connectivity index (χ2v) is 6.72. The van der Waals surface area contributed by atoms with Crippen LogP contribution >= 0.6 is 0 Å². The largest absolute Gasteiger partial charge is 0.481 e. The molecule has 0 atom stereocenters. The van der Waals surface area contributed by atoms with Crippen molar-refractivity contribution >= 4 is 16.0 Å². The van der Waals surface area contributed by atoms with Crippen LogP contribution in [0.1, 0.15) is 17.5 Å². The summed E-state index contributed by atoms with van der Waals surface area (Å²) in [6, 6.07) is 11.9. The Balaban J connectivity index is 2.04. The van der Waals surface area contributed by atoms with Crippen molar-refractivity contribution in [2.75, 3.05) is 0 Å². The summed E-state index contributed by atoms with van der Waals surface area (Å²) in [5, 5.41) is 8.62. The fourth-order valence-electron chi connectivity index (χ4n) is 1.98. The Bertz CT molecular complexity index is 788. The number of carboxylic acid groups (broad SMARTS) is 1. The van der Waals surface area contributed by atoms with Crippen LogP contribution < -0.4 is 4.72 Å². The van der Waals surface area contributed by atoms with Gasteiger partial charge in [-0.1, -0.05) is 30.3 Å². The summed E-state index contributed by atoms with van der Waals surface area (Å²) in [5.74, 6) is -1.38. The van der Waals surface area contributed by atoms with E-state index in [-0.39, 0.29) is 23.4 Å². The zero-order valence-corrected chi connectivity index (χ0v) is 13.0. The van der Waals surface area contributed by atoms with Gasteiger partial charge >= 0.3 is 5.97 Å². The maximum absolute atomic E-state index is 13.5. The van der Waals surface area contributed by atoms with Gasteiger partial charge in [-0.2, -0.15) is 0 Å². The van der Waals surface area contributed by atoms with Gasteiger partial charge in [-0.25, -0.2) is 17.5 Å². The molecule has 2 aromatic rings. The third kappa shape index (κ3) is 4.87. The highest BCUT2D eigenvalue weighted by Gasteiger charge is 2.14. The average molecular weight is 337 g/mol. The molecule has 23 heavy (non-hydrogen) atoms. The smallest absolute Gasteiger partial charge is 0.303 e. The van der Waals surface area contributed by atoms with E-state index >= 15 is 0 Å². The van der Waals surface area contributed by atoms with E-state index < -0.39 is 21.8 Å². The van der Waals surface area contributed by atoms with Crippen LogP contribution in [-0.2, 0) is 27.8 Å². The zero-order chi connectivity index (χ0) is 16.9. The zero-order valence-electron chi connectivity index (χ0n) is 12.2. The molecule has 0 spiro atoms. The standard InChI is InChI=1S/C16H16FNO4S/c17-15-4-2-1-3-13(15)11-18-23(21,22)14-8-5-12(6-9-14)7-10-16(19)20/h1-6,8-9,18H,7,10-11H2,(H,19,20). The number of halogens is 1. The fraction of sp³-hybridized carbons (Fsp3) is 0.188. The van der Waals surface area contributed by atoms with Crippen LogP contribution in [0.5, 0.6) is 0 Å². The summed E-state index contributed by atoms with van der Waals surface area (Å²) in [6.45, 7) is -0.143. The average Bonchev–Trinajstić information content (AvgIpc) is 2.52. The van der Waals surface area contributed by atoms with Gasteiger partial charge in [0, 0.05) is 18.5 Å². The summed E-state index contributed by atoms with van der Waals surface area (Å²) in [7, 11) is -3.76. The Labute approximate surface area is 133 Å². The molecule has 7 heteroatoms. The molecule has 0 heterocycles. The quantitative estimate of drug-likeness (QED) is 0.812. The first-order chi connectivity index (χ1) is 10.9. The number of carboxylic acids is 1. The van der Waals surface area contributed by atoms with Crippen molar-refractivity contribution in [2.45, 2.75) is 24.3 Å². The Kier molecular flexibility index (Phi) is 5.46. The summed E-state index contributed by atoms with van der Waals surface area (Å²) >= 11 is 0. The van der Waals surface area contributed by atoms with Gasteiger partial charge in [0.25, 0.3) is 0 Å². The minimum absolute atomic E-state index is 0.0162. The molecule has 0 bridgehead atoms. The lowest BCUT2D eigenvalue weighted by atomic mass is 10.1. The SMILES string of the molecule is O=C(O)CCc1ccc(S(=O)(=O)NCc2ccccc2F)cc1. The topological polar surface area (TPSA) is 83.5 Å². The first-order valence-electron chi connectivity index (χ1n) is 6.92. The summed E-state index contributed by atoms with van der Waals surface area (Å²) in [5.41, 5.74) is 0.995. The highest BCUT2D eigenvalue weighted by atomic mass is 32.2. The van der Waals surface area contributed by atoms with E-state index in [9.17, 15) is 17.6 Å². The number of nitrogens with one attached hydrogen (secondary N) is 1. The molecule has 2 rings (SSSR count). The molecular formula is C16H16FNO4S. The molecule has 0 unspecified atom stereocenters. The molecular weight excluding hydrogens is 321 g/mol. The molecule has 0 saturated heterocycles. The van der Waals surface area contributed by atoms with Gasteiger partial charge < -0.3 is 5.11 Å². The monoisotopic (exact) mass is 337 g/mol. The maximum Gasteiger partial charge on any atom is 0.303 e. The Morgan fingerprint density at radius 1 is 1.09 bits per heavy atom. The van der Waals surface area contributed by atoms with Gasteiger partial charge in [0.1, 0.15) is 5.82 Å². The van der Waals surface area contributed by atoms with Crippen LogP contribution in [-0.4, -0.2) is 19.5 Å². The highest BCUT2D eigenvalue weighted by molar-refractivity contribution is 7.89. The van der Waals surface area contributed by atoms with E-state index in [1.165, 1.54) is 30.3 Å². The number of benzene rings is 2. The third-order valence-corrected chi connectivity index (χ3v) is 4.69. The predicted octanol–water partition coefficient (Wildman–Crippen LogP) is 2.32. The van der Waals surface area contributed by atoms with Crippen LogP contribution in [0, 0.1) is 5.82 Å². The minimum atomic E-state index is -3.76. The molecule has 0 aliphatic heterocycles. The molecule has 0 fully saturated rings. The number of hydrogen-bond donors (Lipinski definition) is 2. The van der Waals surface area contributed by atoms with E-state index in [2.05, 4.69) is 4.72 Å². The molecule has 122 valence electrons. The minimum Gasteiger partial charge on any atom is -0.481 e. The summed E-state index contributed by atoms with van der Waals surface area (Å²) in [4.78, 5) is 10.6. The maximum atomic E-state index is 13.5. The van der Waals surface area contributed by atoms with E-state index in [1.807, 2.05) is 0 Å². The second kappa shape index (κ2) is 7.34. The van der Waals surface area contributed by atoms with Crippen LogP contribution in [0.3, 0.4) is 0 Å². The predicted molar refractivity (Wildman–Crippen MR) is 82.8 cm³/mol. The van der Waals surface area contributed by atoms with Gasteiger partial charge in [0.15, 0.2) is 0 Å². The normalized spacial score (nSPS) is 11.3. The van der Waals surface area contributed by atoms with E-state index in [4.69, 9.17) is 5.11 Å². The lowest BCUT2D eigenvalue weighted by Gasteiger charge is -2.08. The van der Waals surface area contributed by atoms with Gasteiger partial charge in [-0.3, -0.25) is 4.79 Å². The van der Waals surface area contributed by atoms with Crippen molar-refractivity contribution in [1.29, 1.82) is 0 Å².